The molecule has 0 amide bonds. The summed E-state index contributed by atoms with van der Waals surface area (Å²) in [5, 5.41) is 9.21. The smallest absolute Gasteiger partial charge is 0.339 e. The van der Waals surface area contributed by atoms with E-state index in [9.17, 15) is 14.7 Å². The third-order valence-corrected chi connectivity index (χ3v) is 3.09. The first-order valence-electron chi connectivity index (χ1n) is 6.64. The minimum Gasteiger partial charge on any atom is -0.493 e. The van der Waals surface area contributed by atoms with Gasteiger partial charge in [-0.1, -0.05) is 29.8 Å². The van der Waals surface area contributed by atoms with Gasteiger partial charge in [-0.3, -0.25) is 4.79 Å². The van der Waals surface area contributed by atoms with Crippen molar-refractivity contribution in [1.29, 1.82) is 0 Å². The second-order valence-electron chi connectivity index (χ2n) is 4.64. The van der Waals surface area contributed by atoms with Gasteiger partial charge in [0.25, 0.3) is 0 Å². The van der Waals surface area contributed by atoms with E-state index in [-0.39, 0.29) is 17.1 Å². The number of ether oxygens (including phenoxy) is 1. The van der Waals surface area contributed by atoms with Gasteiger partial charge in [0.2, 0.25) is 0 Å². The van der Waals surface area contributed by atoms with E-state index < -0.39 is 5.97 Å². The van der Waals surface area contributed by atoms with Crippen LogP contribution in [0.25, 0.3) is 0 Å². The number of rotatable bonds is 5. The Morgan fingerprint density at radius 2 is 1.67 bits per heavy atom. The summed E-state index contributed by atoms with van der Waals surface area (Å²) in [5.74, 6) is -1.05. The van der Waals surface area contributed by atoms with E-state index in [2.05, 4.69) is 0 Å². The number of carboxylic acid groups (broad SMARTS) is 1. The molecule has 0 fully saturated rings. The van der Waals surface area contributed by atoms with Crippen LogP contribution in [-0.4, -0.2) is 23.5 Å². The lowest BCUT2D eigenvalue weighted by Gasteiger charge is -2.09. The molecule has 1 N–H and O–H groups in total. The Morgan fingerprint density at radius 3 is 2.24 bits per heavy atom. The molecule has 0 unspecified atom stereocenters. The standard InChI is InChI=1S/C17H16O4/c1-3-21-15-9-8-13(10-14(15)17(19)20)16(18)12-6-4-11(2)5-7-12/h4-10H,3H2,1-2H3,(H,19,20). The van der Waals surface area contributed by atoms with Crippen molar-refractivity contribution in [1.82, 2.24) is 0 Å². The van der Waals surface area contributed by atoms with Crippen LogP contribution in [0.2, 0.25) is 0 Å². The van der Waals surface area contributed by atoms with Gasteiger partial charge in [-0.25, -0.2) is 4.79 Å². The summed E-state index contributed by atoms with van der Waals surface area (Å²) in [7, 11) is 0. The Labute approximate surface area is 123 Å². The number of aryl methyl sites for hydroxylation is 1. The van der Waals surface area contributed by atoms with Crippen LogP contribution in [-0.2, 0) is 0 Å². The van der Waals surface area contributed by atoms with Gasteiger partial charge in [0.05, 0.1) is 6.61 Å². The van der Waals surface area contributed by atoms with E-state index in [0.717, 1.165) is 5.56 Å². The average Bonchev–Trinajstić information content (AvgIpc) is 2.48. The Kier molecular flexibility index (Phi) is 4.38. The molecule has 0 saturated heterocycles. The Hall–Kier alpha value is -2.62. The summed E-state index contributed by atoms with van der Waals surface area (Å²) in [6.07, 6.45) is 0. The largest absolute Gasteiger partial charge is 0.493 e. The summed E-state index contributed by atoms with van der Waals surface area (Å²) in [6, 6.07) is 11.6. The number of ketones is 1. The number of hydrogen-bond donors (Lipinski definition) is 1. The van der Waals surface area contributed by atoms with Gasteiger partial charge < -0.3 is 9.84 Å². The van der Waals surface area contributed by atoms with Crippen molar-refractivity contribution in [3.8, 4) is 5.75 Å². The molecule has 0 aliphatic rings. The molecular formula is C17H16O4. The van der Waals surface area contributed by atoms with Gasteiger partial charge in [0, 0.05) is 11.1 Å². The highest BCUT2D eigenvalue weighted by Crippen LogP contribution is 2.22. The fourth-order valence-electron chi connectivity index (χ4n) is 1.99. The number of carbonyl (C=O) groups excluding carboxylic acids is 1. The summed E-state index contributed by atoms with van der Waals surface area (Å²) in [6.45, 7) is 4.08. The van der Waals surface area contributed by atoms with Crippen LogP contribution in [0, 0.1) is 6.92 Å². The summed E-state index contributed by atoms with van der Waals surface area (Å²) < 4.78 is 5.26. The molecule has 2 rings (SSSR count). The predicted molar refractivity (Wildman–Crippen MR) is 79.2 cm³/mol. The van der Waals surface area contributed by atoms with Crippen LogP contribution in [0.15, 0.2) is 42.5 Å². The fraction of sp³-hybridized carbons (Fsp3) is 0.176. The van der Waals surface area contributed by atoms with Crippen LogP contribution < -0.4 is 4.74 Å². The summed E-state index contributed by atoms with van der Waals surface area (Å²) in [4.78, 5) is 23.6. The van der Waals surface area contributed by atoms with Crippen molar-refractivity contribution < 1.29 is 19.4 Å². The lowest BCUT2D eigenvalue weighted by atomic mass is 10.00. The maximum Gasteiger partial charge on any atom is 0.339 e. The molecule has 0 atom stereocenters. The second-order valence-corrected chi connectivity index (χ2v) is 4.64. The van der Waals surface area contributed by atoms with Crippen LogP contribution in [0.1, 0.15) is 38.8 Å². The first-order valence-corrected chi connectivity index (χ1v) is 6.64. The molecule has 0 aromatic heterocycles. The van der Waals surface area contributed by atoms with E-state index in [1.807, 2.05) is 19.1 Å². The Morgan fingerprint density at radius 1 is 1.05 bits per heavy atom. The van der Waals surface area contributed by atoms with Crippen molar-refractivity contribution in [3.63, 3.8) is 0 Å². The van der Waals surface area contributed by atoms with Crippen LogP contribution >= 0.6 is 0 Å². The maximum absolute atomic E-state index is 12.4. The molecule has 4 nitrogen and oxygen atoms in total. The van der Waals surface area contributed by atoms with Crippen molar-refractivity contribution in [2.24, 2.45) is 0 Å². The summed E-state index contributed by atoms with van der Waals surface area (Å²) >= 11 is 0. The molecule has 0 bridgehead atoms. The first-order chi connectivity index (χ1) is 10.0. The normalized spacial score (nSPS) is 10.2. The van der Waals surface area contributed by atoms with E-state index >= 15 is 0 Å². The van der Waals surface area contributed by atoms with E-state index in [0.29, 0.717) is 17.7 Å². The molecule has 108 valence electrons. The average molecular weight is 284 g/mol. The molecule has 4 heteroatoms. The van der Waals surface area contributed by atoms with E-state index in [1.54, 1.807) is 25.1 Å². The Balaban J connectivity index is 2.40. The van der Waals surface area contributed by atoms with E-state index in [4.69, 9.17) is 4.74 Å². The number of aromatic carboxylic acids is 1. The van der Waals surface area contributed by atoms with Crippen LogP contribution in [0.4, 0.5) is 0 Å². The number of hydrogen-bond acceptors (Lipinski definition) is 3. The minimum atomic E-state index is -1.11. The number of benzene rings is 2. The molecule has 0 saturated carbocycles. The molecular weight excluding hydrogens is 268 g/mol. The zero-order valence-corrected chi connectivity index (χ0v) is 11.9. The molecule has 0 spiro atoms. The highest BCUT2D eigenvalue weighted by molar-refractivity contribution is 6.10. The number of carbonyl (C=O) groups is 2. The van der Waals surface area contributed by atoms with Crippen LogP contribution in [0.5, 0.6) is 5.75 Å². The van der Waals surface area contributed by atoms with Crippen molar-refractivity contribution in [3.05, 3.63) is 64.7 Å². The third-order valence-electron chi connectivity index (χ3n) is 3.09. The second kappa shape index (κ2) is 6.22. The van der Waals surface area contributed by atoms with Gasteiger partial charge in [-0.15, -0.1) is 0 Å². The van der Waals surface area contributed by atoms with Gasteiger partial charge in [-0.2, -0.15) is 0 Å². The van der Waals surface area contributed by atoms with Gasteiger partial charge in [-0.05, 0) is 32.0 Å². The third kappa shape index (κ3) is 3.28. The predicted octanol–water partition coefficient (Wildman–Crippen LogP) is 3.32. The van der Waals surface area contributed by atoms with E-state index in [1.165, 1.54) is 12.1 Å². The number of carboxylic acids is 1. The zero-order valence-electron chi connectivity index (χ0n) is 11.9. The molecule has 21 heavy (non-hydrogen) atoms. The monoisotopic (exact) mass is 284 g/mol. The molecule has 0 radical (unpaired) electrons. The lowest BCUT2D eigenvalue weighted by molar-refractivity contribution is 0.0692. The highest BCUT2D eigenvalue weighted by atomic mass is 16.5. The minimum absolute atomic E-state index is 0.00480. The first kappa shape index (κ1) is 14.8. The Bertz CT molecular complexity index is 672. The SMILES string of the molecule is CCOc1ccc(C(=O)c2ccc(C)cc2)cc1C(=O)O. The lowest BCUT2D eigenvalue weighted by Crippen LogP contribution is -2.07. The molecule has 0 heterocycles. The van der Waals surface area contributed by atoms with Gasteiger partial charge in [0.1, 0.15) is 11.3 Å². The molecule has 2 aromatic rings. The molecule has 0 aliphatic carbocycles. The molecule has 0 aliphatic heterocycles. The van der Waals surface area contributed by atoms with Crippen molar-refractivity contribution in [2.45, 2.75) is 13.8 Å². The van der Waals surface area contributed by atoms with Crippen LogP contribution in [0.3, 0.4) is 0 Å². The van der Waals surface area contributed by atoms with Crippen molar-refractivity contribution >= 4 is 11.8 Å². The zero-order chi connectivity index (χ0) is 15.4. The molecule has 2 aromatic carbocycles. The highest BCUT2D eigenvalue weighted by Gasteiger charge is 2.16. The van der Waals surface area contributed by atoms with Crippen molar-refractivity contribution in [2.75, 3.05) is 6.61 Å². The van der Waals surface area contributed by atoms with Gasteiger partial charge >= 0.3 is 5.97 Å². The quantitative estimate of drug-likeness (QED) is 0.855. The fourth-order valence-corrected chi connectivity index (χ4v) is 1.99. The maximum atomic E-state index is 12.4. The summed E-state index contributed by atoms with van der Waals surface area (Å²) in [5.41, 5.74) is 1.92. The topological polar surface area (TPSA) is 63.6 Å². The van der Waals surface area contributed by atoms with Gasteiger partial charge in [0.15, 0.2) is 5.78 Å².